The lowest BCUT2D eigenvalue weighted by Gasteiger charge is -2.47. The number of aliphatic carboxylic acids is 1. The van der Waals surface area contributed by atoms with Crippen molar-refractivity contribution in [2.24, 2.45) is 5.73 Å². The number of carboxylic acid groups (broad SMARTS) is 1. The van der Waals surface area contributed by atoms with Crippen molar-refractivity contribution in [3.8, 4) is 0 Å². The summed E-state index contributed by atoms with van der Waals surface area (Å²) in [5, 5.41) is 10.4. The molecule has 0 fully saturated rings. The first-order chi connectivity index (χ1) is 18.8. The van der Waals surface area contributed by atoms with Crippen LogP contribution in [-0.2, 0) is 26.5 Å². The van der Waals surface area contributed by atoms with E-state index in [2.05, 4.69) is 0 Å². The molecule has 2 amide bonds. The fourth-order valence-electron chi connectivity index (χ4n) is 4.84. The van der Waals surface area contributed by atoms with Gasteiger partial charge in [0.25, 0.3) is 0 Å². The third-order valence-electron chi connectivity index (χ3n) is 6.61. The molecule has 0 heterocycles. The highest BCUT2D eigenvalue weighted by Crippen LogP contribution is 2.44. The van der Waals surface area contributed by atoms with Crippen LogP contribution < -0.4 is 5.73 Å². The van der Waals surface area contributed by atoms with Gasteiger partial charge in [-0.15, -0.1) is 0 Å². The molecule has 0 spiro atoms. The highest BCUT2D eigenvalue weighted by Gasteiger charge is 2.51. The van der Waals surface area contributed by atoms with E-state index in [-0.39, 0.29) is 6.61 Å². The molecule has 0 aliphatic carbocycles. The summed E-state index contributed by atoms with van der Waals surface area (Å²) in [5.41, 5.74) is 7.62. The SMILES string of the molecule is Cc1ccc(C(c2ccccc2)(c2ccccc2)N(C(=O)OCc2ccccc2)C(CC(N)=O)C(=O)O)cc1. The topological polar surface area (TPSA) is 110 Å². The predicted molar refractivity (Wildman–Crippen MR) is 148 cm³/mol. The Morgan fingerprint density at radius 3 is 1.69 bits per heavy atom. The second-order valence-corrected chi connectivity index (χ2v) is 9.24. The maximum Gasteiger partial charge on any atom is 0.412 e. The molecule has 0 aromatic heterocycles. The number of carboxylic acids is 1. The number of ether oxygens (including phenoxy) is 1. The maximum atomic E-state index is 14.2. The molecule has 0 saturated heterocycles. The van der Waals surface area contributed by atoms with Gasteiger partial charge in [-0.25, -0.2) is 9.59 Å². The zero-order valence-corrected chi connectivity index (χ0v) is 21.6. The van der Waals surface area contributed by atoms with Gasteiger partial charge < -0.3 is 15.6 Å². The van der Waals surface area contributed by atoms with Crippen molar-refractivity contribution in [3.05, 3.63) is 143 Å². The molecule has 7 nitrogen and oxygen atoms in total. The molecule has 0 bridgehead atoms. The van der Waals surface area contributed by atoms with Crippen molar-refractivity contribution in [1.82, 2.24) is 4.90 Å². The zero-order chi connectivity index (χ0) is 27.8. The molecule has 4 aromatic rings. The number of carbonyl (C=O) groups excluding carboxylic acids is 2. The van der Waals surface area contributed by atoms with E-state index in [0.717, 1.165) is 16.0 Å². The summed E-state index contributed by atoms with van der Waals surface area (Å²) in [6.07, 6.45) is -1.51. The van der Waals surface area contributed by atoms with Gasteiger partial charge in [0.2, 0.25) is 5.91 Å². The smallest absolute Gasteiger partial charge is 0.412 e. The van der Waals surface area contributed by atoms with Gasteiger partial charge in [0.15, 0.2) is 0 Å². The van der Waals surface area contributed by atoms with Gasteiger partial charge in [0.05, 0.1) is 6.42 Å². The van der Waals surface area contributed by atoms with Crippen LogP contribution >= 0.6 is 0 Å². The molecule has 1 unspecified atom stereocenters. The van der Waals surface area contributed by atoms with Crippen molar-refractivity contribution in [3.63, 3.8) is 0 Å². The number of rotatable bonds is 10. The Labute approximate surface area is 227 Å². The summed E-state index contributed by atoms with van der Waals surface area (Å²) >= 11 is 0. The number of nitrogens with two attached hydrogens (primary N) is 1. The van der Waals surface area contributed by atoms with Gasteiger partial charge in [-0.2, -0.15) is 0 Å². The molecular weight excluding hydrogens is 492 g/mol. The van der Waals surface area contributed by atoms with Crippen molar-refractivity contribution in [1.29, 1.82) is 0 Å². The van der Waals surface area contributed by atoms with E-state index in [1.807, 2.05) is 110 Å². The molecule has 3 N–H and O–H groups in total. The van der Waals surface area contributed by atoms with Gasteiger partial charge in [0.1, 0.15) is 18.2 Å². The summed E-state index contributed by atoms with van der Waals surface area (Å²) in [7, 11) is 0. The number of nitrogens with zero attached hydrogens (tertiary/aromatic N) is 1. The van der Waals surface area contributed by atoms with Gasteiger partial charge >= 0.3 is 12.1 Å². The Morgan fingerprint density at radius 2 is 1.23 bits per heavy atom. The second kappa shape index (κ2) is 12.1. The van der Waals surface area contributed by atoms with Crippen molar-refractivity contribution in [2.75, 3.05) is 0 Å². The van der Waals surface area contributed by atoms with Gasteiger partial charge in [-0.1, -0.05) is 121 Å². The van der Waals surface area contributed by atoms with E-state index in [0.29, 0.717) is 16.7 Å². The number of primary amides is 1. The summed E-state index contributed by atoms with van der Waals surface area (Å²) in [6.45, 7) is 1.85. The molecule has 0 aliphatic heterocycles. The maximum absolute atomic E-state index is 14.2. The standard InChI is InChI=1S/C32H30N2O5/c1-23-17-19-27(20-18-23)32(25-13-7-3-8-14-25,26-15-9-4-10-16-26)34(28(30(36)37)21-29(33)35)31(38)39-22-24-11-5-2-6-12-24/h2-20,28H,21-22H2,1H3,(H2,33,35)(H,36,37). The van der Waals surface area contributed by atoms with Crippen LogP contribution in [0.1, 0.15) is 34.2 Å². The molecule has 4 rings (SSSR count). The van der Waals surface area contributed by atoms with Crippen molar-refractivity contribution >= 4 is 18.0 Å². The summed E-state index contributed by atoms with van der Waals surface area (Å²) in [6, 6.07) is 33.2. The Bertz CT molecular complexity index is 1370. The lowest BCUT2D eigenvalue weighted by Crippen LogP contribution is -2.59. The van der Waals surface area contributed by atoms with E-state index in [9.17, 15) is 19.5 Å². The molecule has 0 radical (unpaired) electrons. The average Bonchev–Trinajstić information content (AvgIpc) is 2.95. The molecule has 0 aliphatic rings. The Morgan fingerprint density at radius 1 is 0.769 bits per heavy atom. The quantitative estimate of drug-likeness (QED) is 0.276. The molecule has 0 saturated carbocycles. The average molecular weight is 523 g/mol. The minimum Gasteiger partial charge on any atom is -0.480 e. The number of benzene rings is 4. The first-order valence-corrected chi connectivity index (χ1v) is 12.5. The molecule has 7 heteroatoms. The lowest BCUT2D eigenvalue weighted by atomic mass is 9.74. The zero-order valence-electron chi connectivity index (χ0n) is 21.6. The number of aryl methyl sites for hydroxylation is 1. The van der Waals surface area contributed by atoms with Gasteiger partial charge in [-0.05, 0) is 29.2 Å². The number of hydrogen-bond acceptors (Lipinski definition) is 4. The first kappa shape index (κ1) is 27.1. The minimum absolute atomic E-state index is 0.0906. The largest absolute Gasteiger partial charge is 0.480 e. The van der Waals surface area contributed by atoms with E-state index in [1.54, 1.807) is 12.1 Å². The molecule has 4 aromatic carbocycles. The number of amides is 2. The third-order valence-corrected chi connectivity index (χ3v) is 6.61. The summed E-state index contributed by atoms with van der Waals surface area (Å²) < 4.78 is 5.77. The van der Waals surface area contributed by atoms with Crippen LogP contribution in [0.15, 0.2) is 115 Å². The van der Waals surface area contributed by atoms with Crippen molar-refractivity contribution < 1.29 is 24.2 Å². The van der Waals surface area contributed by atoms with Gasteiger partial charge in [0, 0.05) is 0 Å². The molecule has 39 heavy (non-hydrogen) atoms. The van der Waals surface area contributed by atoms with Crippen LogP contribution in [-0.4, -0.2) is 34.0 Å². The van der Waals surface area contributed by atoms with E-state index in [1.165, 1.54) is 0 Å². The fraction of sp³-hybridized carbons (Fsp3) is 0.156. The Hall–Kier alpha value is -4.91. The highest BCUT2D eigenvalue weighted by molar-refractivity contribution is 5.87. The monoisotopic (exact) mass is 522 g/mol. The van der Waals surface area contributed by atoms with Crippen LogP contribution in [0.5, 0.6) is 0 Å². The van der Waals surface area contributed by atoms with E-state index < -0.39 is 36.0 Å². The summed E-state index contributed by atoms with van der Waals surface area (Å²) in [4.78, 5) is 40.3. The van der Waals surface area contributed by atoms with E-state index >= 15 is 0 Å². The highest BCUT2D eigenvalue weighted by atomic mass is 16.6. The van der Waals surface area contributed by atoms with Crippen LogP contribution in [0.2, 0.25) is 0 Å². The van der Waals surface area contributed by atoms with Crippen LogP contribution in [0.3, 0.4) is 0 Å². The molecule has 1 atom stereocenters. The number of hydrogen-bond donors (Lipinski definition) is 2. The lowest BCUT2D eigenvalue weighted by molar-refractivity contribution is -0.146. The predicted octanol–water partition coefficient (Wildman–Crippen LogP) is 5.25. The normalized spacial score (nSPS) is 11.8. The second-order valence-electron chi connectivity index (χ2n) is 9.24. The van der Waals surface area contributed by atoms with Crippen LogP contribution in [0.25, 0.3) is 0 Å². The first-order valence-electron chi connectivity index (χ1n) is 12.5. The Kier molecular flexibility index (Phi) is 8.41. The fourth-order valence-corrected chi connectivity index (χ4v) is 4.84. The van der Waals surface area contributed by atoms with E-state index in [4.69, 9.17) is 10.5 Å². The van der Waals surface area contributed by atoms with Crippen LogP contribution in [0, 0.1) is 6.92 Å². The Balaban J connectivity index is 2.03. The summed E-state index contributed by atoms with van der Waals surface area (Å²) in [5.74, 6) is -2.24. The molecule has 198 valence electrons. The minimum atomic E-state index is -1.63. The van der Waals surface area contributed by atoms with Crippen molar-refractivity contribution in [2.45, 2.75) is 31.5 Å². The van der Waals surface area contributed by atoms with Crippen LogP contribution in [0.4, 0.5) is 4.79 Å². The number of carbonyl (C=O) groups is 3. The molecular formula is C32H30N2O5. The van der Waals surface area contributed by atoms with Gasteiger partial charge in [-0.3, -0.25) is 9.69 Å². The third kappa shape index (κ3) is 5.83.